The number of thioether (sulfide) groups is 1. The van der Waals surface area contributed by atoms with E-state index in [1.54, 1.807) is 11.8 Å². The van der Waals surface area contributed by atoms with Gasteiger partial charge in [-0.3, -0.25) is 9.59 Å². The molecule has 2 N–H and O–H groups in total. The Hall–Kier alpha value is -1.53. The van der Waals surface area contributed by atoms with Crippen molar-refractivity contribution < 1.29 is 9.59 Å². The molecule has 6 heteroatoms. The summed E-state index contributed by atoms with van der Waals surface area (Å²) in [5, 5.41) is 6.30. The lowest BCUT2D eigenvalue weighted by atomic mass is 9.96. The predicted molar refractivity (Wildman–Crippen MR) is 97.6 cm³/mol. The predicted octanol–water partition coefficient (Wildman–Crippen LogP) is 2.58. The van der Waals surface area contributed by atoms with Gasteiger partial charge in [-0.25, -0.2) is 0 Å². The zero-order chi connectivity index (χ0) is 16.9. The molecule has 0 aromatic heterocycles. The molecule has 1 saturated heterocycles. The van der Waals surface area contributed by atoms with Crippen LogP contribution in [0.1, 0.15) is 36.5 Å². The Morgan fingerprint density at radius 3 is 2.92 bits per heavy atom. The van der Waals surface area contributed by atoms with Gasteiger partial charge in [0, 0.05) is 35.7 Å². The summed E-state index contributed by atoms with van der Waals surface area (Å²) >= 11 is 1.66. The average molecular weight is 347 g/mol. The van der Waals surface area contributed by atoms with E-state index in [-0.39, 0.29) is 11.8 Å². The molecule has 0 atom stereocenters. The molecule has 0 bridgehead atoms. The van der Waals surface area contributed by atoms with Crippen LogP contribution < -0.4 is 10.6 Å². The molecule has 0 aliphatic carbocycles. The summed E-state index contributed by atoms with van der Waals surface area (Å²) in [6.45, 7) is 5.78. The number of benzene rings is 1. The number of nitrogens with one attached hydrogen (secondary N) is 2. The fraction of sp³-hybridized carbons (Fsp3) is 0.556. The molecule has 0 spiro atoms. The maximum atomic E-state index is 12.8. The van der Waals surface area contributed by atoms with Crippen LogP contribution in [0, 0.1) is 5.92 Å². The minimum atomic E-state index is 0.0232. The molecule has 2 aliphatic rings. The Morgan fingerprint density at radius 1 is 1.38 bits per heavy atom. The monoisotopic (exact) mass is 347 g/mol. The van der Waals surface area contributed by atoms with Gasteiger partial charge in [0.1, 0.15) is 0 Å². The number of fused-ring (bicyclic) bond motifs is 1. The van der Waals surface area contributed by atoms with Crippen LogP contribution in [0.15, 0.2) is 23.1 Å². The minimum absolute atomic E-state index is 0.0232. The summed E-state index contributed by atoms with van der Waals surface area (Å²) in [5.74, 6) is 1.54. The Balaban J connectivity index is 1.65. The molecule has 0 radical (unpaired) electrons. The van der Waals surface area contributed by atoms with E-state index < -0.39 is 0 Å². The topological polar surface area (TPSA) is 61.4 Å². The molecule has 5 nitrogen and oxygen atoms in total. The quantitative estimate of drug-likeness (QED) is 0.879. The largest absolute Gasteiger partial charge is 0.339 e. The Morgan fingerprint density at radius 2 is 2.17 bits per heavy atom. The fourth-order valence-electron chi connectivity index (χ4n) is 3.22. The fourth-order valence-corrected chi connectivity index (χ4v) is 4.16. The highest BCUT2D eigenvalue weighted by atomic mass is 32.2. The summed E-state index contributed by atoms with van der Waals surface area (Å²) in [7, 11) is 0. The maximum absolute atomic E-state index is 12.8. The van der Waals surface area contributed by atoms with Gasteiger partial charge in [0.15, 0.2) is 0 Å². The number of rotatable bonds is 4. The number of hydrogen-bond acceptors (Lipinski definition) is 4. The Labute approximate surface area is 147 Å². The van der Waals surface area contributed by atoms with Gasteiger partial charge in [-0.1, -0.05) is 6.92 Å². The van der Waals surface area contributed by atoms with Gasteiger partial charge in [0.25, 0.3) is 5.91 Å². The zero-order valence-corrected chi connectivity index (χ0v) is 15.0. The van der Waals surface area contributed by atoms with Gasteiger partial charge in [0.05, 0.1) is 5.69 Å². The van der Waals surface area contributed by atoms with Crippen LogP contribution in [0.25, 0.3) is 0 Å². The first-order valence-electron chi connectivity index (χ1n) is 8.74. The molecular weight excluding hydrogens is 322 g/mol. The lowest BCUT2D eigenvalue weighted by molar-refractivity contribution is -0.115. The van der Waals surface area contributed by atoms with Crippen molar-refractivity contribution in [2.45, 2.75) is 31.1 Å². The molecule has 3 rings (SSSR count). The Kier molecular flexibility index (Phi) is 5.79. The van der Waals surface area contributed by atoms with E-state index in [9.17, 15) is 9.59 Å². The molecule has 2 aliphatic heterocycles. The van der Waals surface area contributed by atoms with Crippen LogP contribution in [0.4, 0.5) is 5.69 Å². The first-order chi connectivity index (χ1) is 11.7. The SMILES string of the molecule is CCNCC1CCN(C(=O)c2ccc3c(c2)NC(=O)CCS3)CC1. The van der Waals surface area contributed by atoms with Crippen LogP contribution >= 0.6 is 11.8 Å². The molecule has 24 heavy (non-hydrogen) atoms. The van der Waals surface area contributed by atoms with Crippen molar-refractivity contribution in [3.8, 4) is 0 Å². The van der Waals surface area contributed by atoms with E-state index in [1.165, 1.54) is 0 Å². The molecule has 1 aromatic carbocycles. The van der Waals surface area contributed by atoms with Crippen molar-refractivity contribution in [2.75, 3.05) is 37.2 Å². The van der Waals surface area contributed by atoms with Gasteiger partial charge >= 0.3 is 0 Å². The number of likely N-dealkylation sites (tertiary alicyclic amines) is 1. The molecule has 0 saturated carbocycles. The van der Waals surface area contributed by atoms with Crippen molar-refractivity contribution in [2.24, 2.45) is 5.92 Å². The third-order valence-electron chi connectivity index (χ3n) is 4.67. The molecular formula is C18H25N3O2S. The second kappa shape index (κ2) is 8.03. The van der Waals surface area contributed by atoms with Crippen LogP contribution in [0.2, 0.25) is 0 Å². The third kappa shape index (κ3) is 4.11. The van der Waals surface area contributed by atoms with Gasteiger partial charge in [-0.2, -0.15) is 0 Å². The average Bonchev–Trinajstić information content (AvgIpc) is 2.79. The van der Waals surface area contributed by atoms with Gasteiger partial charge in [-0.15, -0.1) is 11.8 Å². The number of piperidine rings is 1. The van der Waals surface area contributed by atoms with E-state index in [2.05, 4.69) is 17.6 Å². The normalized spacial score (nSPS) is 18.7. The maximum Gasteiger partial charge on any atom is 0.253 e. The molecule has 1 aromatic rings. The number of carbonyl (C=O) groups is 2. The minimum Gasteiger partial charge on any atom is -0.339 e. The van der Waals surface area contributed by atoms with E-state index in [1.807, 2.05) is 23.1 Å². The van der Waals surface area contributed by atoms with Gasteiger partial charge in [0.2, 0.25) is 5.91 Å². The highest BCUT2D eigenvalue weighted by Crippen LogP contribution is 2.32. The van der Waals surface area contributed by atoms with E-state index in [0.29, 0.717) is 17.9 Å². The summed E-state index contributed by atoms with van der Waals surface area (Å²) in [4.78, 5) is 27.5. The van der Waals surface area contributed by atoms with Crippen LogP contribution in [0.3, 0.4) is 0 Å². The van der Waals surface area contributed by atoms with Crippen molar-refractivity contribution in [3.63, 3.8) is 0 Å². The smallest absolute Gasteiger partial charge is 0.253 e. The lowest BCUT2D eigenvalue weighted by Crippen LogP contribution is -2.40. The highest BCUT2D eigenvalue weighted by Gasteiger charge is 2.24. The second-order valence-electron chi connectivity index (χ2n) is 6.40. The molecule has 2 heterocycles. The molecule has 1 fully saturated rings. The number of anilines is 1. The van der Waals surface area contributed by atoms with Gasteiger partial charge < -0.3 is 15.5 Å². The van der Waals surface area contributed by atoms with E-state index >= 15 is 0 Å². The number of hydrogen-bond donors (Lipinski definition) is 2. The van der Waals surface area contributed by atoms with Crippen molar-refractivity contribution in [1.29, 1.82) is 0 Å². The lowest BCUT2D eigenvalue weighted by Gasteiger charge is -2.32. The van der Waals surface area contributed by atoms with E-state index in [0.717, 1.165) is 55.4 Å². The van der Waals surface area contributed by atoms with Gasteiger partial charge in [-0.05, 0) is 50.0 Å². The summed E-state index contributed by atoms with van der Waals surface area (Å²) in [5.41, 5.74) is 1.44. The number of nitrogens with zero attached hydrogens (tertiary/aromatic N) is 1. The van der Waals surface area contributed by atoms with Crippen molar-refractivity contribution in [3.05, 3.63) is 23.8 Å². The van der Waals surface area contributed by atoms with Crippen molar-refractivity contribution >= 4 is 29.3 Å². The first-order valence-corrected chi connectivity index (χ1v) is 9.72. The highest BCUT2D eigenvalue weighted by molar-refractivity contribution is 7.99. The zero-order valence-electron chi connectivity index (χ0n) is 14.1. The van der Waals surface area contributed by atoms with Crippen LogP contribution in [-0.4, -0.2) is 48.6 Å². The van der Waals surface area contributed by atoms with Crippen LogP contribution in [-0.2, 0) is 4.79 Å². The summed E-state index contributed by atoms with van der Waals surface area (Å²) in [6, 6.07) is 5.67. The number of carbonyl (C=O) groups excluding carboxylic acids is 2. The standard InChI is InChI=1S/C18H25N3O2S/c1-2-19-12-13-5-8-21(9-6-13)18(23)14-3-4-16-15(11-14)20-17(22)7-10-24-16/h3-4,11,13,19H,2,5-10,12H2,1H3,(H,20,22). The second-order valence-corrected chi connectivity index (χ2v) is 7.54. The molecule has 130 valence electrons. The van der Waals surface area contributed by atoms with Crippen LogP contribution in [0.5, 0.6) is 0 Å². The molecule has 0 unspecified atom stereocenters. The first kappa shape index (κ1) is 17.3. The number of amides is 2. The van der Waals surface area contributed by atoms with Crippen molar-refractivity contribution in [1.82, 2.24) is 10.2 Å². The Bertz CT molecular complexity index is 612. The third-order valence-corrected chi connectivity index (χ3v) is 5.75. The van der Waals surface area contributed by atoms with E-state index in [4.69, 9.17) is 0 Å². The molecule has 2 amide bonds. The summed E-state index contributed by atoms with van der Waals surface area (Å²) in [6.07, 6.45) is 2.62. The summed E-state index contributed by atoms with van der Waals surface area (Å²) < 4.78 is 0.